The summed E-state index contributed by atoms with van der Waals surface area (Å²) in [6.45, 7) is 5.37. The maximum Gasteiger partial charge on any atom is 0.340 e. The molecule has 1 N–H and O–H groups in total. The lowest BCUT2D eigenvalue weighted by Gasteiger charge is -2.28. The molecule has 1 rings (SSSR count). The fourth-order valence-corrected chi connectivity index (χ4v) is 1.37. The minimum absolute atomic E-state index is 0.110. The van der Waals surface area contributed by atoms with Gasteiger partial charge in [-0.05, 0) is 26.3 Å². The topological polar surface area (TPSA) is 59.4 Å². The van der Waals surface area contributed by atoms with Gasteiger partial charge in [0.1, 0.15) is 0 Å². The lowest BCUT2D eigenvalue weighted by molar-refractivity contribution is -0.172. The third-order valence-corrected chi connectivity index (χ3v) is 2.63. The van der Waals surface area contributed by atoms with Gasteiger partial charge in [0.2, 0.25) is 0 Å². The number of carboxylic acids is 1. The van der Waals surface area contributed by atoms with Crippen LogP contribution in [0.1, 0.15) is 32.8 Å². The molecule has 2 atom stereocenters. The Labute approximate surface area is 95.3 Å². The van der Waals surface area contributed by atoms with Crippen molar-refractivity contribution in [2.24, 2.45) is 0 Å². The van der Waals surface area contributed by atoms with Crippen LogP contribution in [0.15, 0.2) is 24.5 Å². The third kappa shape index (κ3) is 2.58. The Morgan fingerprint density at radius 2 is 2.38 bits per heavy atom. The number of ether oxygens (including phenoxy) is 1. The van der Waals surface area contributed by atoms with Crippen LogP contribution >= 0.6 is 0 Å². The van der Waals surface area contributed by atoms with Crippen molar-refractivity contribution < 1.29 is 14.6 Å². The fraction of sp³-hybridized carbons (Fsp3) is 0.500. The van der Waals surface area contributed by atoms with Crippen molar-refractivity contribution in [2.45, 2.75) is 38.9 Å². The fourth-order valence-electron chi connectivity index (χ4n) is 1.37. The molecule has 4 heteroatoms. The summed E-state index contributed by atoms with van der Waals surface area (Å²) >= 11 is 0. The molecule has 0 saturated heterocycles. The summed E-state index contributed by atoms with van der Waals surface area (Å²) in [7, 11) is 0. The quantitative estimate of drug-likeness (QED) is 0.831. The van der Waals surface area contributed by atoms with Crippen LogP contribution in [-0.4, -0.2) is 22.2 Å². The Kier molecular flexibility index (Phi) is 4.01. The maximum absolute atomic E-state index is 11.3. The molecule has 0 spiro atoms. The monoisotopic (exact) mass is 223 g/mol. The normalized spacial score (nSPS) is 16.4. The molecule has 2 unspecified atom stereocenters. The molecule has 0 amide bonds. The second-order valence-electron chi connectivity index (χ2n) is 3.92. The highest BCUT2D eigenvalue weighted by atomic mass is 16.5. The average Bonchev–Trinajstić information content (AvgIpc) is 2.29. The van der Waals surface area contributed by atoms with Crippen LogP contribution in [0.2, 0.25) is 0 Å². The SMILES string of the molecule is CCC(C)OC(C)(C(=O)O)c1cccnc1. The van der Waals surface area contributed by atoms with Gasteiger partial charge < -0.3 is 9.84 Å². The molecule has 0 aliphatic heterocycles. The molecular formula is C12H17NO3. The molecule has 0 saturated carbocycles. The van der Waals surface area contributed by atoms with Crippen molar-refractivity contribution in [1.29, 1.82) is 0 Å². The Balaban J connectivity index is 3.02. The number of nitrogens with zero attached hydrogens (tertiary/aromatic N) is 1. The maximum atomic E-state index is 11.3. The van der Waals surface area contributed by atoms with Gasteiger partial charge in [-0.2, -0.15) is 0 Å². The molecule has 0 aliphatic rings. The summed E-state index contributed by atoms with van der Waals surface area (Å²) in [6, 6.07) is 3.42. The lowest BCUT2D eigenvalue weighted by Crippen LogP contribution is -2.38. The Morgan fingerprint density at radius 3 is 2.81 bits per heavy atom. The first-order valence-electron chi connectivity index (χ1n) is 5.32. The van der Waals surface area contributed by atoms with Gasteiger partial charge in [0.05, 0.1) is 6.10 Å². The molecule has 0 aliphatic carbocycles. The predicted molar refractivity (Wildman–Crippen MR) is 60.1 cm³/mol. The summed E-state index contributed by atoms with van der Waals surface area (Å²) in [5.41, 5.74) is -0.772. The van der Waals surface area contributed by atoms with E-state index in [2.05, 4.69) is 4.98 Å². The highest BCUT2D eigenvalue weighted by Crippen LogP contribution is 2.27. The molecule has 0 bridgehead atoms. The van der Waals surface area contributed by atoms with Gasteiger partial charge in [0.15, 0.2) is 5.60 Å². The van der Waals surface area contributed by atoms with E-state index in [9.17, 15) is 9.90 Å². The molecule has 0 radical (unpaired) electrons. The Bertz CT molecular complexity index is 353. The summed E-state index contributed by atoms with van der Waals surface area (Å²) in [5.74, 6) is -0.999. The first-order chi connectivity index (χ1) is 7.50. The van der Waals surface area contributed by atoms with E-state index in [1.54, 1.807) is 25.3 Å². The number of aromatic nitrogens is 1. The van der Waals surface area contributed by atoms with E-state index in [-0.39, 0.29) is 6.10 Å². The van der Waals surface area contributed by atoms with E-state index in [0.717, 1.165) is 6.42 Å². The minimum atomic E-state index is -1.33. The van der Waals surface area contributed by atoms with Crippen molar-refractivity contribution in [2.75, 3.05) is 0 Å². The molecule has 0 aromatic carbocycles. The smallest absolute Gasteiger partial charge is 0.340 e. The number of carbonyl (C=O) groups is 1. The second kappa shape index (κ2) is 5.07. The van der Waals surface area contributed by atoms with Gasteiger partial charge >= 0.3 is 5.97 Å². The highest BCUT2D eigenvalue weighted by molar-refractivity contribution is 5.78. The zero-order valence-electron chi connectivity index (χ0n) is 9.80. The van der Waals surface area contributed by atoms with Crippen molar-refractivity contribution in [3.63, 3.8) is 0 Å². The largest absolute Gasteiger partial charge is 0.479 e. The number of pyridine rings is 1. The molecule has 1 aromatic rings. The Hall–Kier alpha value is -1.42. The zero-order chi connectivity index (χ0) is 12.2. The first-order valence-corrected chi connectivity index (χ1v) is 5.32. The minimum Gasteiger partial charge on any atom is -0.479 e. The molecule has 16 heavy (non-hydrogen) atoms. The van der Waals surface area contributed by atoms with Crippen molar-refractivity contribution in [3.05, 3.63) is 30.1 Å². The second-order valence-corrected chi connectivity index (χ2v) is 3.92. The standard InChI is InChI=1S/C12H17NO3/c1-4-9(2)16-12(3,11(14)15)10-6-5-7-13-8-10/h5-9H,4H2,1-3H3,(H,14,15). The van der Waals surface area contributed by atoms with Gasteiger partial charge in [0.25, 0.3) is 0 Å². The number of hydrogen-bond donors (Lipinski definition) is 1. The summed E-state index contributed by atoms with van der Waals surface area (Å²) in [6.07, 6.45) is 3.79. The van der Waals surface area contributed by atoms with Crippen LogP contribution < -0.4 is 0 Å². The lowest BCUT2D eigenvalue weighted by atomic mass is 9.97. The number of rotatable bonds is 5. The van der Waals surface area contributed by atoms with Crippen molar-refractivity contribution in [3.8, 4) is 0 Å². The number of aliphatic carboxylic acids is 1. The van der Waals surface area contributed by atoms with E-state index in [0.29, 0.717) is 5.56 Å². The summed E-state index contributed by atoms with van der Waals surface area (Å²) in [5, 5.41) is 9.28. The van der Waals surface area contributed by atoms with E-state index in [1.165, 1.54) is 6.20 Å². The molecular weight excluding hydrogens is 206 g/mol. The summed E-state index contributed by atoms with van der Waals surface area (Å²) < 4.78 is 5.60. The highest BCUT2D eigenvalue weighted by Gasteiger charge is 2.37. The van der Waals surface area contributed by atoms with Gasteiger partial charge in [-0.1, -0.05) is 13.0 Å². The van der Waals surface area contributed by atoms with Crippen LogP contribution in [0.3, 0.4) is 0 Å². The van der Waals surface area contributed by atoms with Gasteiger partial charge in [-0.3, -0.25) is 4.98 Å². The van der Waals surface area contributed by atoms with Gasteiger partial charge in [-0.15, -0.1) is 0 Å². The number of hydrogen-bond acceptors (Lipinski definition) is 3. The van der Waals surface area contributed by atoms with Crippen LogP contribution in [-0.2, 0) is 15.1 Å². The van der Waals surface area contributed by atoms with Crippen LogP contribution in [0.4, 0.5) is 0 Å². The van der Waals surface area contributed by atoms with Crippen LogP contribution in [0, 0.1) is 0 Å². The molecule has 1 aromatic heterocycles. The number of carboxylic acid groups (broad SMARTS) is 1. The molecule has 4 nitrogen and oxygen atoms in total. The van der Waals surface area contributed by atoms with Crippen molar-refractivity contribution >= 4 is 5.97 Å². The predicted octanol–water partition coefficient (Wildman–Crippen LogP) is 2.20. The van der Waals surface area contributed by atoms with Gasteiger partial charge in [-0.25, -0.2) is 4.79 Å². The van der Waals surface area contributed by atoms with Crippen LogP contribution in [0.25, 0.3) is 0 Å². The average molecular weight is 223 g/mol. The Morgan fingerprint density at radius 1 is 1.69 bits per heavy atom. The van der Waals surface area contributed by atoms with E-state index in [1.807, 2.05) is 13.8 Å². The van der Waals surface area contributed by atoms with Crippen molar-refractivity contribution in [1.82, 2.24) is 4.98 Å². The first kappa shape index (κ1) is 12.6. The molecule has 0 fully saturated rings. The van der Waals surface area contributed by atoms with E-state index < -0.39 is 11.6 Å². The zero-order valence-corrected chi connectivity index (χ0v) is 9.80. The van der Waals surface area contributed by atoms with Gasteiger partial charge in [0, 0.05) is 18.0 Å². The summed E-state index contributed by atoms with van der Waals surface area (Å²) in [4.78, 5) is 15.2. The van der Waals surface area contributed by atoms with Crippen LogP contribution in [0.5, 0.6) is 0 Å². The molecule has 1 heterocycles. The molecule has 88 valence electrons. The van der Waals surface area contributed by atoms with E-state index >= 15 is 0 Å². The van der Waals surface area contributed by atoms with E-state index in [4.69, 9.17) is 4.74 Å². The third-order valence-electron chi connectivity index (χ3n) is 2.63.